The van der Waals surface area contributed by atoms with E-state index in [1.54, 1.807) is 24.3 Å². The van der Waals surface area contributed by atoms with Gasteiger partial charge in [-0.1, -0.05) is 30.3 Å². The van der Waals surface area contributed by atoms with Crippen LogP contribution in [0, 0.1) is 11.8 Å². The van der Waals surface area contributed by atoms with Crippen LogP contribution in [0.3, 0.4) is 0 Å². The zero-order valence-electron chi connectivity index (χ0n) is 20.6. The Hall–Kier alpha value is -3.06. The Morgan fingerprint density at radius 1 is 1.17 bits per heavy atom. The van der Waals surface area contributed by atoms with Gasteiger partial charge in [0.05, 0.1) is 12.2 Å². The Balaban J connectivity index is 1.31. The summed E-state index contributed by atoms with van der Waals surface area (Å²) in [6, 6.07) is 14.2. The number of likely N-dealkylation sites (tertiary alicyclic amines) is 1. The number of carbonyl (C=O) groups excluding carboxylic acids is 2. The van der Waals surface area contributed by atoms with Gasteiger partial charge in [-0.05, 0) is 50.5 Å². The van der Waals surface area contributed by atoms with Gasteiger partial charge in [0.1, 0.15) is 23.1 Å². The summed E-state index contributed by atoms with van der Waals surface area (Å²) in [7, 11) is 0. The topological polar surface area (TPSA) is 88.1 Å². The number of hydrogen-bond donors (Lipinski definition) is 2. The van der Waals surface area contributed by atoms with Crippen LogP contribution in [0.25, 0.3) is 0 Å². The Kier molecular flexibility index (Phi) is 6.21. The summed E-state index contributed by atoms with van der Waals surface area (Å²) in [6.45, 7) is 6.89. The number of fused-ring (bicyclic) bond motifs is 4. The molecule has 2 amide bonds. The third-order valence-electron chi connectivity index (χ3n) is 7.76. The molecule has 7 heteroatoms. The molecule has 0 unspecified atom stereocenters. The van der Waals surface area contributed by atoms with Gasteiger partial charge in [0.15, 0.2) is 0 Å². The minimum absolute atomic E-state index is 0.0000704. The monoisotopic (exact) mass is 478 g/mol. The largest absolute Gasteiger partial charge is 0.508 e. The first-order chi connectivity index (χ1) is 16.7. The van der Waals surface area contributed by atoms with Crippen molar-refractivity contribution in [3.63, 3.8) is 0 Å². The third-order valence-corrected chi connectivity index (χ3v) is 7.76. The summed E-state index contributed by atoms with van der Waals surface area (Å²) in [4.78, 5) is 27.3. The van der Waals surface area contributed by atoms with E-state index < -0.39 is 6.04 Å². The maximum Gasteiger partial charge on any atom is 0.245 e. The van der Waals surface area contributed by atoms with Crippen LogP contribution in [0.5, 0.6) is 11.5 Å². The standard InChI is InChI=1S/C28H34N2O5/c1-17(31)29-23(14-18-8-10-20(32)11-9-18)27(33)30-13-12-24-19(16-30)15-22-26(34-24)21-6-4-5-7-25(21)35-28(22,2)3/h4-11,19,22-24,26,32H,12-16H2,1-3H3,(H,29,31)/t19-,22+,23+,24+,26-/m1/s1. The van der Waals surface area contributed by atoms with Gasteiger partial charge in [0.2, 0.25) is 11.8 Å². The molecule has 2 saturated heterocycles. The zero-order chi connectivity index (χ0) is 24.7. The lowest BCUT2D eigenvalue weighted by Crippen LogP contribution is -2.58. The van der Waals surface area contributed by atoms with Gasteiger partial charge in [0.25, 0.3) is 0 Å². The number of piperidine rings is 1. The van der Waals surface area contributed by atoms with E-state index >= 15 is 0 Å². The molecule has 2 N–H and O–H groups in total. The number of amides is 2. The molecule has 2 aromatic rings. The number of phenolic OH excluding ortho intramolecular Hbond substituents is 1. The van der Waals surface area contributed by atoms with Crippen molar-refractivity contribution in [3.8, 4) is 11.5 Å². The van der Waals surface area contributed by atoms with Gasteiger partial charge < -0.3 is 24.8 Å². The fourth-order valence-corrected chi connectivity index (χ4v) is 5.99. The van der Waals surface area contributed by atoms with Crippen LogP contribution in [0.2, 0.25) is 0 Å². The number of benzene rings is 2. The number of para-hydroxylation sites is 1. The van der Waals surface area contributed by atoms with E-state index in [9.17, 15) is 14.7 Å². The molecule has 3 aliphatic rings. The lowest BCUT2D eigenvalue weighted by atomic mass is 9.70. The highest BCUT2D eigenvalue weighted by molar-refractivity contribution is 5.87. The molecule has 0 saturated carbocycles. The number of nitrogens with one attached hydrogen (secondary N) is 1. The lowest BCUT2D eigenvalue weighted by molar-refractivity contribution is -0.189. The van der Waals surface area contributed by atoms with Crippen molar-refractivity contribution in [1.29, 1.82) is 0 Å². The number of phenols is 1. The molecule has 2 aromatic carbocycles. The molecule has 5 rings (SSSR count). The zero-order valence-corrected chi connectivity index (χ0v) is 20.6. The highest BCUT2D eigenvalue weighted by Gasteiger charge is 2.51. The van der Waals surface area contributed by atoms with E-state index in [4.69, 9.17) is 9.47 Å². The molecular weight excluding hydrogens is 444 g/mol. The van der Waals surface area contributed by atoms with Gasteiger partial charge in [-0.25, -0.2) is 0 Å². The highest BCUT2D eigenvalue weighted by Crippen LogP contribution is 2.52. The van der Waals surface area contributed by atoms with Crippen molar-refractivity contribution >= 4 is 11.8 Å². The van der Waals surface area contributed by atoms with Gasteiger partial charge in [-0.3, -0.25) is 9.59 Å². The van der Waals surface area contributed by atoms with E-state index in [2.05, 4.69) is 25.2 Å². The Bertz CT molecular complexity index is 1100. The van der Waals surface area contributed by atoms with E-state index in [0.717, 1.165) is 29.7 Å². The van der Waals surface area contributed by atoms with Gasteiger partial charge in [-0.15, -0.1) is 0 Å². The normalized spacial score (nSPS) is 27.5. The molecule has 3 heterocycles. The number of rotatable bonds is 4. The second kappa shape index (κ2) is 9.19. The van der Waals surface area contributed by atoms with Gasteiger partial charge >= 0.3 is 0 Å². The molecule has 2 fully saturated rings. The van der Waals surface area contributed by atoms with Crippen molar-refractivity contribution < 1.29 is 24.2 Å². The number of nitrogens with zero attached hydrogens (tertiary/aromatic N) is 1. The fourth-order valence-electron chi connectivity index (χ4n) is 5.99. The minimum Gasteiger partial charge on any atom is -0.508 e. The Morgan fingerprint density at radius 2 is 1.91 bits per heavy atom. The molecule has 0 aromatic heterocycles. The predicted octanol–water partition coefficient (Wildman–Crippen LogP) is 3.61. The SMILES string of the molecule is CC(=O)N[C@@H](Cc1ccc(O)cc1)C(=O)N1CC[C@@H]2O[C@@H]3c4ccccc4OC(C)(C)[C@H]3C[C@@H]2C1. The highest BCUT2D eigenvalue weighted by atomic mass is 16.5. The molecule has 0 bridgehead atoms. The smallest absolute Gasteiger partial charge is 0.245 e. The molecule has 7 nitrogen and oxygen atoms in total. The molecular formula is C28H34N2O5. The maximum absolute atomic E-state index is 13.5. The summed E-state index contributed by atoms with van der Waals surface area (Å²) in [5, 5.41) is 12.4. The molecule has 0 radical (unpaired) electrons. The van der Waals surface area contributed by atoms with Crippen LogP contribution < -0.4 is 10.1 Å². The van der Waals surface area contributed by atoms with Crippen molar-refractivity contribution in [2.75, 3.05) is 13.1 Å². The molecule has 0 spiro atoms. The summed E-state index contributed by atoms with van der Waals surface area (Å²) in [6.07, 6.45) is 2.17. The van der Waals surface area contributed by atoms with Crippen molar-refractivity contribution in [2.24, 2.45) is 11.8 Å². The summed E-state index contributed by atoms with van der Waals surface area (Å²) in [5.41, 5.74) is 1.63. The average Bonchev–Trinajstić information content (AvgIpc) is 2.83. The van der Waals surface area contributed by atoms with Crippen LogP contribution in [-0.2, 0) is 20.7 Å². The van der Waals surface area contributed by atoms with Crippen LogP contribution in [0.1, 0.15) is 50.8 Å². The number of carbonyl (C=O) groups is 2. The molecule has 5 atom stereocenters. The minimum atomic E-state index is -0.646. The summed E-state index contributed by atoms with van der Waals surface area (Å²) >= 11 is 0. The predicted molar refractivity (Wildman–Crippen MR) is 131 cm³/mol. The molecule has 0 aliphatic carbocycles. The third kappa shape index (κ3) is 4.74. The average molecular weight is 479 g/mol. The van der Waals surface area contributed by atoms with Crippen molar-refractivity contribution in [1.82, 2.24) is 10.2 Å². The first kappa shape index (κ1) is 23.7. The van der Waals surface area contributed by atoms with Crippen LogP contribution in [-0.4, -0.2) is 52.7 Å². The number of ether oxygens (including phenoxy) is 2. The van der Waals surface area contributed by atoms with Crippen LogP contribution >= 0.6 is 0 Å². The van der Waals surface area contributed by atoms with Gasteiger partial charge in [0, 0.05) is 43.8 Å². The number of hydrogen-bond acceptors (Lipinski definition) is 5. The quantitative estimate of drug-likeness (QED) is 0.701. The van der Waals surface area contributed by atoms with Crippen LogP contribution in [0.15, 0.2) is 48.5 Å². The summed E-state index contributed by atoms with van der Waals surface area (Å²) in [5.74, 6) is 1.17. The fraction of sp³-hybridized carbons (Fsp3) is 0.500. The van der Waals surface area contributed by atoms with E-state index in [1.807, 2.05) is 23.1 Å². The first-order valence-electron chi connectivity index (χ1n) is 12.5. The Morgan fingerprint density at radius 3 is 2.66 bits per heavy atom. The number of aromatic hydroxyl groups is 1. The molecule has 3 aliphatic heterocycles. The van der Waals surface area contributed by atoms with E-state index in [-0.39, 0.29) is 47.2 Å². The second-order valence-corrected chi connectivity index (χ2v) is 10.6. The first-order valence-corrected chi connectivity index (χ1v) is 12.5. The molecule has 35 heavy (non-hydrogen) atoms. The summed E-state index contributed by atoms with van der Waals surface area (Å²) < 4.78 is 13.1. The van der Waals surface area contributed by atoms with Crippen molar-refractivity contribution in [2.45, 2.75) is 63.9 Å². The van der Waals surface area contributed by atoms with Gasteiger partial charge in [-0.2, -0.15) is 0 Å². The maximum atomic E-state index is 13.5. The van der Waals surface area contributed by atoms with Crippen molar-refractivity contribution in [3.05, 3.63) is 59.7 Å². The Labute approximate surface area is 206 Å². The molecule has 186 valence electrons. The van der Waals surface area contributed by atoms with E-state index in [1.165, 1.54) is 6.92 Å². The lowest BCUT2D eigenvalue weighted by Gasteiger charge is -2.53. The van der Waals surface area contributed by atoms with Crippen LogP contribution in [0.4, 0.5) is 0 Å². The van der Waals surface area contributed by atoms with E-state index in [0.29, 0.717) is 19.5 Å². The second-order valence-electron chi connectivity index (χ2n) is 10.6.